The van der Waals surface area contributed by atoms with E-state index in [1.54, 1.807) is 0 Å². The van der Waals surface area contributed by atoms with Gasteiger partial charge in [0, 0.05) is 49.0 Å². The molecule has 10 aromatic carbocycles. The normalized spacial score (nSPS) is 14.1. The number of rotatable bonds is 5. The van der Waals surface area contributed by atoms with E-state index in [1.807, 2.05) is 24.3 Å². The van der Waals surface area contributed by atoms with Gasteiger partial charge in [0.1, 0.15) is 0 Å². The molecule has 0 atom stereocenters. The first-order chi connectivity index (χ1) is 33.3. The van der Waals surface area contributed by atoms with Crippen molar-refractivity contribution in [2.24, 2.45) is 0 Å². The van der Waals surface area contributed by atoms with Crippen LogP contribution in [0.4, 0.5) is 17.1 Å². The van der Waals surface area contributed by atoms with Crippen LogP contribution in [-0.2, 0) is 10.8 Å². The highest BCUT2D eigenvalue weighted by Gasteiger charge is 2.51. The molecule has 0 radical (unpaired) electrons. The summed E-state index contributed by atoms with van der Waals surface area (Å²) in [6.07, 6.45) is 0. The fraction of sp³-hybridized carbons (Fsp3) is 0.0625. The van der Waals surface area contributed by atoms with Crippen LogP contribution >= 0.6 is 23.2 Å². The summed E-state index contributed by atoms with van der Waals surface area (Å²) in [6, 6.07) is 80.5. The third-order valence-electron chi connectivity index (χ3n) is 15.3. The second kappa shape index (κ2) is 14.4. The van der Waals surface area contributed by atoms with Crippen molar-refractivity contribution in [2.75, 3.05) is 4.90 Å². The van der Waals surface area contributed by atoms with Gasteiger partial charge in [-0.2, -0.15) is 0 Å². The lowest BCUT2D eigenvalue weighted by Crippen LogP contribution is -2.26. The van der Waals surface area contributed by atoms with Crippen molar-refractivity contribution >= 4 is 62.1 Å². The summed E-state index contributed by atoms with van der Waals surface area (Å²) >= 11 is 13.0. The summed E-state index contributed by atoms with van der Waals surface area (Å²) in [7, 11) is 0. The predicted octanol–water partition coefficient (Wildman–Crippen LogP) is 17.9. The molecule has 4 heteroatoms. The fourth-order valence-corrected chi connectivity index (χ4v) is 12.7. The number of fused-ring (bicyclic) bond motifs is 16. The number of benzene rings is 10. The highest BCUT2D eigenvalue weighted by atomic mass is 35.5. The van der Waals surface area contributed by atoms with Crippen molar-refractivity contribution in [3.05, 3.63) is 262 Å². The molecule has 3 aliphatic carbocycles. The Balaban J connectivity index is 0.915. The average Bonchev–Trinajstić information content (AvgIpc) is 4.04. The third kappa shape index (κ3) is 5.42. The maximum absolute atomic E-state index is 6.51. The van der Waals surface area contributed by atoms with Gasteiger partial charge in [0.15, 0.2) is 0 Å². The molecule has 68 heavy (non-hydrogen) atoms. The van der Waals surface area contributed by atoms with Gasteiger partial charge in [0.05, 0.1) is 16.4 Å². The number of hydrogen-bond acceptors (Lipinski definition) is 1. The molecule has 0 unspecified atom stereocenters. The minimum absolute atomic E-state index is 0.149. The summed E-state index contributed by atoms with van der Waals surface area (Å²) in [5, 5.41) is 3.57. The first-order valence-corrected chi connectivity index (χ1v) is 24.1. The van der Waals surface area contributed by atoms with Crippen LogP contribution in [0.1, 0.15) is 47.2 Å². The third-order valence-corrected chi connectivity index (χ3v) is 15.8. The molecule has 0 aliphatic heterocycles. The molecule has 0 fully saturated rings. The number of halogens is 2. The standard InChI is InChI=1S/C64H42Cl2N2/c1-63(2)55-15-7-3-11-47(55)51-31-29-45(37-59(51)63)67(46-30-32-52-50-14-6-10-18-58(50)64(60(52)38-46)56-16-8-4-12-48(56)49-13-5-9-17-57(49)64)43-25-19-39(20-26-43)40-21-27-44(28-22-40)68-61-33-23-41(65)35-53(61)54-36-42(66)24-34-62(54)68/h3-38H,1-2H3. The van der Waals surface area contributed by atoms with Gasteiger partial charge in [-0.15, -0.1) is 0 Å². The van der Waals surface area contributed by atoms with E-state index in [0.717, 1.165) is 55.7 Å². The zero-order valence-corrected chi connectivity index (χ0v) is 38.9. The van der Waals surface area contributed by atoms with Crippen LogP contribution in [0.15, 0.2) is 218 Å². The zero-order chi connectivity index (χ0) is 45.5. The number of hydrogen-bond donors (Lipinski definition) is 0. The van der Waals surface area contributed by atoms with Crippen molar-refractivity contribution in [3.63, 3.8) is 0 Å². The molecule has 1 heterocycles. The van der Waals surface area contributed by atoms with E-state index in [0.29, 0.717) is 10.0 Å². The van der Waals surface area contributed by atoms with Crippen molar-refractivity contribution in [1.29, 1.82) is 0 Å². The van der Waals surface area contributed by atoms with E-state index in [1.165, 1.54) is 66.8 Å². The topological polar surface area (TPSA) is 8.17 Å². The van der Waals surface area contributed by atoms with Crippen LogP contribution in [0, 0.1) is 0 Å². The van der Waals surface area contributed by atoms with Gasteiger partial charge in [-0.3, -0.25) is 0 Å². The molecule has 0 amide bonds. The minimum atomic E-state index is -0.447. The maximum atomic E-state index is 6.51. The van der Waals surface area contributed by atoms with Crippen molar-refractivity contribution < 1.29 is 0 Å². The van der Waals surface area contributed by atoms with Crippen molar-refractivity contribution in [3.8, 4) is 50.2 Å². The second-order valence-corrected chi connectivity index (χ2v) is 20.0. The largest absolute Gasteiger partial charge is 0.310 e. The van der Waals surface area contributed by atoms with E-state index < -0.39 is 5.41 Å². The molecule has 14 rings (SSSR count). The van der Waals surface area contributed by atoms with Gasteiger partial charge in [0.2, 0.25) is 0 Å². The van der Waals surface area contributed by atoms with Gasteiger partial charge in [-0.25, -0.2) is 0 Å². The van der Waals surface area contributed by atoms with Gasteiger partial charge >= 0.3 is 0 Å². The summed E-state index contributed by atoms with van der Waals surface area (Å²) in [4.78, 5) is 2.47. The van der Waals surface area contributed by atoms with Gasteiger partial charge < -0.3 is 9.47 Å². The van der Waals surface area contributed by atoms with Crippen molar-refractivity contribution in [2.45, 2.75) is 24.7 Å². The molecule has 0 saturated carbocycles. The monoisotopic (exact) mass is 908 g/mol. The number of nitrogens with zero attached hydrogens (tertiary/aromatic N) is 2. The van der Waals surface area contributed by atoms with Crippen LogP contribution in [0.3, 0.4) is 0 Å². The van der Waals surface area contributed by atoms with Gasteiger partial charge in [0.25, 0.3) is 0 Å². The lowest BCUT2D eigenvalue weighted by Gasteiger charge is -2.32. The summed E-state index contributed by atoms with van der Waals surface area (Å²) in [5.74, 6) is 0. The first-order valence-electron chi connectivity index (χ1n) is 23.4. The molecule has 3 aliphatic rings. The molecular weight excluding hydrogens is 868 g/mol. The SMILES string of the molecule is CC1(C)c2ccccc2-c2ccc(N(c3ccc(-c4ccc(-n5c6ccc(Cl)cc6c6cc(Cl)ccc65)cc4)cc3)c3ccc4c(c3)C3(c5ccccc5-c5ccccc53)c3ccccc3-4)cc21. The summed E-state index contributed by atoms with van der Waals surface area (Å²) < 4.78 is 2.29. The molecule has 2 nitrogen and oxygen atoms in total. The minimum Gasteiger partial charge on any atom is -0.310 e. The van der Waals surface area contributed by atoms with Crippen LogP contribution in [0.25, 0.3) is 72.0 Å². The predicted molar refractivity (Wildman–Crippen MR) is 285 cm³/mol. The van der Waals surface area contributed by atoms with E-state index >= 15 is 0 Å². The number of anilines is 3. The average molecular weight is 910 g/mol. The molecular formula is C64H42Cl2N2. The highest BCUT2D eigenvalue weighted by Crippen LogP contribution is 2.63. The van der Waals surface area contributed by atoms with Crippen molar-refractivity contribution in [1.82, 2.24) is 4.57 Å². The zero-order valence-electron chi connectivity index (χ0n) is 37.4. The molecule has 0 bridgehead atoms. The highest BCUT2D eigenvalue weighted by molar-refractivity contribution is 6.33. The molecule has 322 valence electrons. The van der Waals surface area contributed by atoms with E-state index in [2.05, 4.69) is 217 Å². The van der Waals surface area contributed by atoms with Crippen LogP contribution in [0.2, 0.25) is 10.0 Å². The fourth-order valence-electron chi connectivity index (χ4n) is 12.4. The Morgan fingerprint density at radius 2 is 0.750 bits per heavy atom. The van der Waals surface area contributed by atoms with Gasteiger partial charge in [-0.05, 0) is 163 Å². The van der Waals surface area contributed by atoms with E-state index in [4.69, 9.17) is 23.2 Å². The van der Waals surface area contributed by atoms with Crippen LogP contribution in [-0.4, -0.2) is 4.57 Å². The molecule has 11 aromatic rings. The lowest BCUT2D eigenvalue weighted by molar-refractivity contribution is 0.660. The molecule has 1 spiro atoms. The van der Waals surface area contributed by atoms with Crippen LogP contribution < -0.4 is 4.90 Å². The Morgan fingerprint density at radius 1 is 0.353 bits per heavy atom. The second-order valence-electron chi connectivity index (χ2n) is 19.1. The van der Waals surface area contributed by atoms with E-state index in [-0.39, 0.29) is 5.41 Å². The van der Waals surface area contributed by atoms with Crippen LogP contribution in [0.5, 0.6) is 0 Å². The Labute approximate surface area is 405 Å². The van der Waals surface area contributed by atoms with Gasteiger partial charge in [-0.1, -0.05) is 171 Å². The number of aromatic nitrogens is 1. The maximum Gasteiger partial charge on any atom is 0.0726 e. The Kier molecular flexibility index (Phi) is 8.40. The molecule has 0 N–H and O–H groups in total. The smallest absolute Gasteiger partial charge is 0.0726 e. The first kappa shape index (κ1) is 39.5. The molecule has 1 aromatic heterocycles. The lowest BCUT2D eigenvalue weighted by atomic mass is 9.70. The Morgan fingerprint density at radius 3 is 1.26 bits per heavy atom. The Hall–Kier alpha value is -7.62. The van der Waals surface area contributed by atoms with E-state index in [9.17, 15) is 0 Å². The molecule has 0 saturated heterocycles. The summed E-state index contributed by atoms with van der Waals surface area (Å²) in [6.45, 7) is 4.73. The quantitative estimate of drug-likeness (QED) is 0.167. The summed E-state index contributed by atoms with van der Waals surface area (Å²) in [5.41, 5.74) is 24.2. The Bertz CT molecular complexity index is 3790.